The SMILES string of the molecule is CCC1(OC(=O)C2CC3CC(OC(=O)[C@@H](CC(C)(C)C)C(C)C)C2C3)CCCC1. The molecule has 0 N–H and O–H groups in total. The molecule has 0 aromatic carbocycles. The number of carbonyl (C=O) groups excluding carboxylic acids is 2. The molecule has 166 valence electrons. The first-order valence-electron chi connectivity index (χ1n) is 12.0. The second-order valence-corrected chi connectivity index (χ2v) is 11.6. The van der Waals surface area contributed by atoms with Crippen LogP contribution in [0.5, 0.6) is 0 Å². The number of carbonyl (C=O) groups is 2. The molecule has 4 heteroatoms. The molecule has 2 bridgehead atoms. The lowest BCUT2D eigenvalue weighted by Gasteiger charge is -2.34. The molecule has 0 aromatic heterocycles. The molecule has 0 aromatic rings. The quantitative estimate of drug-likeness (QED) is 0.493. The summed E-state index contributed by atoms with van der Waals surface area (Å²) >= 11 is 0. The highest BCUT2D eigenvalue weighted by Crippen LogP contribution is 2.51. The van der Waals surface area contributed by atoms with Crippen LogP contribution in [-0.2, 0) is 19.1 Å². The van der Waals surface area contributed by atoms with Gasteiger partial charge in [-0.3, -0.25) is 9.59 Å². The van der Waals surface area contributed by atoms with Crippen LogP contribution in [0.2, 0.25) is 0 Å². The largest absolute Gasteiger partial charge is 0.462 e. The van der Waals surface area contributed by atoms with E-state index in [0.717, 1.165) is 57.8 Å². The predicted molar refractivity (Wildman–Crippen MR) is 114 cm³/mol. The first-order chi connectivity index (χ1) is 13.5. The molecule has 5 atom stereocenters. The fourth-order valence-corrected chi connectivity index (χ4v) is 6.02. The summed E-state index contributed by atoms with van der Waals surface area (Å²) < 4.78 is 12.2. The second kappa shape index (κ2) is 8.59. The topological polar surface area (TPSA) is 52.6 Å². The Kier molecular flexibility index (Phi) is 6.70. The molecule has 4 nitrogen and oxygen atoms in total. The summed E-state index contributed by atoms with van der Waals surface area (Å²) in [5, 5.41) is 0. The van der Waals surface area contributed by atoms with Crippen molar-refractivity contribution in [2.75, 3.05) is 0 Å². The smallest absolute Gasteiger partial charge is 0.309 e. The van der Waals surface area contributed by atoms with Gasteiger partial charge < -0.3 is 9.47 Å². The van der Waals surface area contributed by atoms with Crippen LogP contribution in [0.1, 0.15) is 99.3 Å². The molecule has 4 unspecified atom stereocenters. The monoisotopic (exact) mass is 406 g/mol. The Morgan fingerprint density at radius 3 is 2.24 bits per heavy atom. The van der Waals surface area contributed by atoms with Gasteiger partial charge >= 0.3 is 11.9 Å². The van der Waals surface area contributed by atoms with Gasteiger partial charge in [-0.2, -0.15) is 0 Å². The maximum Gasteiger partial charge on any atom is 0.309 e. The number of rotatable bonds is 7. The standard InChI is InChI=1S/C25H42O4/c1-7-25(10-8-9-11-25)29-23(27)19-13-17-12-18(19)21(14-17)28-22(26)20(16(2)3)15-24(4,5)6/h16-21H,7-15H2,1-6H3/t17?,18?,19?,20-,21?/m0/s1. The van der Waals surface area contributed by atoms with E-state index in [1.165, 1.54) is 0 Å². The van der Waals surface area contributed by atoms with Gasteiger partial charge in [0, 0.05) is 5.92 Å². The van der Waals surface area contributed by atoms with Crippen LogP contribution in [0.3, 0.4) is 0 Å². The number of esters is 2. The minimum absolute atomic E-state index is 0.0305. The van der Waals surface area contributed by atoms with Crippen LogP contribution in [0, 0.1) is 35.0 Å². The zero-order chi connectivity index (χ0) is 21.4. The first kappa shape index (κ1) is 22.6. The molecule has 0 radical (unpaired) electrons. The maximum atomic E-state index is 13.1. The van der Waals surface area contributed by atoms with E-state index in [4.69, 9.17) is 9.47 Å². The normalized spacial score (nSPS) is 31.8. The van der Waals surface area contributed by atoms with Crippen LogP contribution in [0.15, 0.2) is 0 Å². The molecule has 0 heterocycles. The minimum atomic E-state index is -0.236. The summed E-state index contributed by atoms with van der Waals surface area (Å²) in [5.41, 5.74) is -0.148. The van der Waals surface area contributed by atoms with Gasteiger partial charge in [0.25, 0.3) is 0 Å². The summed E-state index contributed by atoms with van der Waals surface area (Å²) in [6, 6.07) is 0. The fourth-order valence-electron chi connectivity index (χ4n) is 6.02. The highest BCUT2D eigenvalue weighted by molar-refractivity contribution is 5.75. The molecule has 3 fully saturated rings. The molecule has 0 aliphatic heterocycles. The Labute approximate surface area is 177 Å². The average Bonchev–Trinajstić information content (AvgIpc) is 3.34. The first-order valence-corrected chi connectivity index (χ1v) is 12.0. The van der Waals surface area contributed by atoms with Gasteiger partial charge in [0.05, 0.1) is 11.8 Å². The predicted octanol–water partition coefficient (Wildman–Crippen LogP) is 5.92. The molecular formula is C25H42O4. The van der Waals surface area contributed by atoms with E-state index in [1.54, 1.807) is 0 Å². The van der Waals surface area contributed by atoms with Gasteiger partial charge in [0.1, 0.15) is 11.7 Å². The lowest BCUT2D eigenvalue weighted by molar-refractivity contribution is -0.173. The third-order valence-electron chi connectivity index (χ3n) is 7.74. The van der Waals surface area contributed by atoms with E-state index in [2.05, 4.69) is 41.5 Å². The second-order valence-electron chi connectivity index (χ2n) is 11.6. The zero-order valence-corrected chi connectivity index (χ0v) is 19.5. The van der Waals surface area contributed by atoms with Gasteiger partial charge in [-0.05, 0) is 75.0 Å². The van der Waals surface area contributed by atoms with Crippen molar-refractivity contribution < 1.29 is 19.1 Å². The number of ether oxygens (including phenoxy) is 2. The summed E-state index contributed by atoms with van der Waals surface area (Å²) in [5.74, 6) is 0.633. The Hall–Kier alpha value is -1.06. The van der Waals surface area contributed by atoms with Crippen LogP contribution in [0.4, 0.5) is 0 Å². The molecular weight excluding hydrogens is 364 g/mol. The van der Waals surface area contributed by atoms with Gasteiger partial charge in [-0.15, -0.1) is 0 Å². The van der Waals surface area contributed by atoms with Crippen LogP contribution in [-0.4, -0.2) is 23.6 Å². The Bertz CT molecular complexity index is 596. The third kappa shape index (κ3) is 5.17. The lowest BCUT2D eigenvalue weighted by atomic mass is 9.79. The molecule has 0 spiro atoms. The number of hydrogen-bond donors (Lipinski definition) is 0. The average molecular weight is 407 g/mol. The van der Waals surface area contributed by atoms with Crippen molar-refractivity contribution in [1.29, 1.82) is 0 Å². The van der Waals surface area contributed by atoms with Gasteiger partial charge in [-0.25, -0.2) is 0 Å². The van der Waals surface area contributed by atoms with Crippen molar-refractivity contribution in [2.45, 2.75) is 111 Å². The fraction of sp³-hybridized carbons (Fsp3) is 0.920. The Morgan fingerprint density at radius 1 is 1.07 bits per heavy atom. The van der Waals surface area contributed by atoms with Gasteiger partial charge in [0.2, 0.25) is 0 Å². The molecule has 29 heavy (non-hydrogen) atoms. The highest BCUT2D eigenvalue weighted by Gasteiger charge is 2.53. The maximum absolute atomic E-state index is 13.1. The van der Waals surface area contributed by atoms with E-state index in [-0.39, 0.29) is 52.7 Å². The summed E-state index contributed by atoms with van der Waals surface area (Å²) in [4.78, 5) is 26.1. The van der Waals surface area contributed by atoms with Crippen molar-refractivity contribution in [2.24, 2.45) is 35.0 Å². The molecule has 3 aliphatic carbocycles. The summed E-state index contributed by atoms with van der Waals surface area (Å²) in [6.07, 6.45) is 8.76. The van der Waals surface area contributed by atoms with E-state index in [0.29, 0.717) is 5.92 Å². The van der Waals surface area contributed by atoms with E-state index in [1.807, 2.05) is 0 Å². The van der Waals surface area contributed by atoms with Crippen molar-refractivity contribution in [3.63, 3.8) is 0 Å². The van der Waals surface area contributed by atoms with Gasteiger partial charge in [0.15, 0.2) is 0 Å². The Morgan fingerprint density at radius 2 is 1.72 bits per heavy atom. The number of hydrogen-bond acceptors (Lipinski definition) is 4. The van der Waals surface area contributed by atoms with Crippen molar-refractivity contribution in [3.8, 4) is 0 Å². The number of fused-ring (bicyclic) bond motifs is 2. The Balaban J connectivity index is 1.62. The van der Waals surface area contributed by atoms with E-state index < -0.39 is 0 Å². The summed E-state index contributed by atoms with van der Waals surface area (Å²) in [7, 11) is 0. The zero-order valence-electron chi connectivity index (χ0n) is 19.5. The van der Waals surface area contributed by atoms with Crippen LogP contribution < -0.4 is 0 Å². The molecule has 0 amide bonds. The van der Waals surface area contributed by atoms with Crippen molar-refractivity contribution in [3.05, 3.63) is 0 Å². The highest BCUT2D eigenvalue weighted by atomic mass is 16.6. The molecule has 3 rings (SSSR count). The molecule has 3 saturated carbocycles. The van der Waals surface area contributed by atoms with Gasteiger partial charge in [-0.1, -0.05) is 41.5 Å². The van der Waals surface area contributed by atoms with E-state index in [9.17, 15) is 9.59 Å². The van der Waals surface area contributed by atoms with Crippen LogP contribution in [0.25, 0.3) is 0 Å². The minimum Gasteiger partial charge on any atom is -0.462 e. The van der Waals surface area contributed by atoms with Crippen molar-refractivity contribution >= 4 is 11.9 Å². The summed E-state index contributed by atoms with van der Waals surface area (Å²) in [6.45, 7) is 12.9. The third-order valence-corrected chi connectivity index (χ3v) is 7.74. The van der Waals surface area contributed by atoms with E-state index >= 15 is 0 Å². The molecule has 0 saturated heterocycles. The lowest BCUT2D eigenvalue weighted by Crippen LogP contribution is -2.40. The van der Waals surface area contributed by atoms with Crippen LogP contribution >= 0.6 is 0 Å². The van der Waals surface area contributed by atoms with Crippen molar-refractivity contribution in [1.82, 2.24) is 0 Å². The molecule has 3 aliphatic rings.